The Morgan fingerprint density at radius 2 is 2.50 bits per heavy atom. The molecule has 1 aliphatic heterocycles. The highest BCUT2D eigenvalue weighted by Gasteiger charge is 2.26. The molecule has 1 saturated heterocycles. The summed E-state index contributed by atoms with van der Waals surface area (Å²) in [5.74, 6) is 0.919. The summed E-state index contributed by atoms with van der Waals surface area (Å²) in [5.41, 5.74) is 0.127. The molecule has 1 amide bonds. The van der Waals surface area contributed by atoms with E-state index >= 15 is 0 Å². The maximum atomic E-state index is 11.5. The average Bonchev–Trinajstić information content (AvgIpc) is 2.23. The zero-order valence-electron chi connectivity index (χ0n) is 7.23. The zero-order valence-corrected chi connectivity index (χ0v) is 8.04. The molecule has 0 unspecified atom stereocenters. The van der Waals surface area contributed by atoms with Crippen molar-refractivity contribution in [3.8, 4) is 0 Å². The maximum Gasteiger partial charge on any atom is 0.283 e. The third kappa shape index (κ3) is 1.60. The van der Waals surface area contributed by atoms with E-state index in [0.29, 0.717) is 12.2 Å². The van der Waals surface area contributed by atoms with E-state index in [-0.39, 0.29) is 11.6 Å². The Balaban J connectivity index is 2.26. The third-order valence-electron chi connectivity index (χ3n) is 1.74. The number of hydrogen-bond acceptors (Lipinski definition) is 5. The second kappa shape index (κ2) is 3.75. The van der Waals surface area contributed by atoms with Crippen LogP contribution < -0.4 is 4.31 Å². The molecule has 1 aromatic heterocycles. The molecule has 71 valence electrons. The van der Waals surface area contributed by atoms with Crippen molar-refractivity contribution in [1.82, 2.24) is 9.97 Å². The van der Waals surface area contributed by atoms with Crippen molar-refractivity contribution < 1.29 is 4.79 Å². The van der Waals surface area contributed by atoms with Crippen molar-refractivity contribution in [1.29, 1.82) is 5.41 Å². The second-order valence-corrected chi connectivity index (χ2v) is 3.71. The smallest absolute Gasteiger partial charge is 0.283 e. The Morgan fingerprint density at radius 3 is 3.21 bits per heavy atom. The summed E-state index contributed by atoms with van der Waals surface area (Å²) in [7, 11) is 0. The van der Waals surface area contributed by atoms with Gasteiger partial charge in [0.1, 0.15) is 5.82 Å². The van der Waals surface area contributed by atoms with Crippen LogP contribution in [0, 0.1) is 11.7 Å². The first-order valence-electron chi connectivity index (χ1n) is 4.03. The van der Waals surface area contributed by atoms with Gasteiger partial charge in [-0.1, -0.05) is 0 Å². The molecule has 2 heterocycles. The summed E-state index contributed by atoms with van der Waals surface area (Å²) in [4.78, 5) is 19.0. The molecule has 5 nitrogen and oxygen atoms in total. The predicted molar refractivity (Wildman–Crippen MR) is 53.2 cm³/mol. The van der Waals surface area contributed by atoms with Gasteiger partial charge in [-0.05, 0) is 11.9 Å². The quantitative estimate of drug-likeness (QED) is 0.687. The Morgan fingerprint density at radius 1 is 1.64 bits per heavy atom. The van der Waals surface area contributed by atoms with Crippen LogP contribution in [-0.2, 0) is 4.79 Å². The predicted octanol–water partition coefficient (Wildman–Crippen LogP) is 0.681. The number of amides is 1. The molecule has 6 heteroatoms. The van der Waals surface area contributed by atoms with Gasteiger partial charge in [0.25, 0.3) is 5.91 Å². The van der Waals surface area contributed by atoms with E-state index in [1.54, 1.807) is 6.07 Å². The van der Waals surface area contributed by atoms with Crippen molar-refractivity contribution in [2.24, 2.45) is 0 Å². The van der Waals surface area contributed by atoms with Crippen molar-refractivity contribution in [2.75, 3.05) is 10.1 Å². The van der Waals surface area contributed by atoms with Gasteiger partial charge in [0.05, 0.1) is 5.71 Å². The molecule has 1 N–H and O–H groups in total. The van der Waals surface area contributed by atoms with Crippen LogP contribution >= 0.6 is 11.9 Å². The first-order valence-corrected chi connectivity index (χ1v) is 4.97. The highest BCUT2D eigenvalue weighted by molar-refractivity contribution is 8.01. The Labute approximate surface area is 85.2 Å². The molecule has 1 radical (unpaired) electrons. The lowest BCUT2D eigenvalue weighted by Gasteiger charge is -2.23. The Hall–Kier alpha value is -1.43. The summed E-state index contributed by atoms with van der Waals surface area (Å²) in [5, 5.41) is 7.42. The first-order chi connectivity index (χ1) is 6.79. The second-order valence-electron chi connectivity index (χ2n) is 2.68. The fraction of sp³-hybridized carbons (Fsp3) is 0.250. The van der Waals surface area contributed by atoms with Crippen LogP contribution in [0.2, 0.25) is 0 Å². The Kier molecular flexibility index (Phi) is 2.45. The fourth-order valence-corrected chi connectivity index (χ4v) is 2.00. The SMILES string of the molecule is N=C1CCSN(c2ccn[c]n2)C1=O. The number of carbonyl (C=O) groups excluding carboxylic acids is 1. The van der Waals surface area contributed by atoms with Crippen LogP contribution in [0.4, 0.5) is 5.82 Å². The lowest BCUT2D eigenvalue weighted by Crippen LogP contribution is -2.36. The number of nitrogens with zero attached hydrogens (tertiary/aromatic N) is 3. The van der Waals surface area contributed by atoms with Gasteiger partial charge in [0.15, 0.2) is 6.33 Å². The summed E-state index contributed by atoms with van der Waals surface area (Å²) in [6.45, 7) is 0. The molecule has 1 aromatic rings. The van der Waals surface area contributed by atoms with Crippen LogP contribution in [0.1, 0.15) is 6.42 Å². The van der Waals surface area contributed by atoms with Crippen molar-refractivity contribution in [3.63, 3.8) is 0 Å². The molecule has 1 aliphatic rings. The summed E-state index contributed by atoms with van der Waals surface area (Å²) < 4.78 is 1.41. The van der Waals surface area contributed by atoms with E-state index in [1.165, 1.54) is 22.4 Å². The molecule has 0 saturated carbocycles. The van der Waals surface area contributed by atoms with E-state index in [0.717, 1.165) is 5.75 Å². The summed E-state index contributed by atoms with van der Waals surface area (Å²) in [6, 6.07) is 1.62. The molecule has 0 bridgehead atoms. The van der Waals surface area contributed by atoms with Crippen LogP contribution in [-0.4, -0.2) is 27.3 Å². The molecule has 0 aromatic carbocycles. The van der Waals surface area contributed by atoms with Crippen molar-refractivity contribution in [3.05, 3.63) is 18.6 Å². The standard InChI is InChI=1S/C8H7N4OS/c9-6-2-4-14-12(8(6)13)7-1-3-10-5-11-7/h1,3,9H,2,4H2. The van der Waals surface area contributed by atoms with Crippen molar-refractivity contribution >= 4 is 29.4 Å². The van der Waals surface area contributed by atoms with Gasteiger partial charge in [-0.3, -0.25) is 10.2 Å². The number of rotatable bonds is 1. The van der Waals surface area contributed by atoms with Gasteiger partial charge in [-0.15, -0.1) is 0 Å². The minimum absolute atomic E-state index is 0.127. The van der Waals surface area contributed by atoms with E-state index in [4.69, 9.17) is 5.41 Å². The molecular formula is C8H7N4OS. The molecule has 1 fully saturated rings. The molecule has 0 aliphatic carbocycles. The lowest BCUT2D eigenvalue weighted by molar-refractivity contribution is -0.111. The number of carbonyl (C=O) groups is 1. The van der Waals surface area contributed by atoms with Gasteiger partial charge in [-0.2, -0.15) is 0 Å². The van der Waals surface area contributed by atoms with E-state index in [2.05, 4.69) is 16.3 Å². The zero-order chi connectivity index (χ0) is 9.97. The minimum Gasteiger partial charge on any atom is -0.300 e. The van der Waals surface area contributed by atoms with Crippen LogP contribution in [0.25, 0.3) is 0 Å². The topological polar surface area (TPSA) is 69.9 Å². The summed E-state index contributed by atoms with van der Waals surface area (Å²) >= 11 is 1.36. The highest BCUT2D eigenvalue weighted by atomic mass is 32.2. The van der Waals surface area contributed by atoms with E-state index in [1.807, 2.05) is 0 Å². The normalized spacial score (nSPS) is 17.3. The first kappa shape index (κ1) is 9.14. The van der Waals surface area contributed by atoms with Gasteiger partial charge in [-0.25, -0.2) is 14.3 Å². The number of hydrogen-bond donors (Lipinski definition) is 1. The molecule has 14 heavy (non-hydrogen) atoms. The van der Waals surface area contributed by atoms with Gasteiger partial charge in [0, 0.05) is 24.4 Å². The van der Waals surface area contributed by atoms with Gasteiger partial charge < -0.3 is 0 Å². The molecule has 0 spiro atoms. The minimum atomic E-state index is -0.298. The lowest BCUT2D eigenvalue weighted by atomic mass is 10.3. The van der Waals surface area contributed by atoms with Gasteiger partial charge in [0.2, 0.25) is 0 Å². The average molecular weight is 207 g/mol. The van der Waals surface area contributed by atoms with Crippen LogP contribution in [0.5, 0.6) is 0 Å². The third-order valence-corrected chi connectivity index (χ3v) is 2.74. The number of anilines is 1. The Bertz CT molecular complexity index is 367. The molecule has 0 atom stereocenters. The monoisotopic (exact) mass is 207 g/mol. The summed E-state index contributed by atoms with van der Waals surface area (Å²) in [6.07, 6.45) is 4.46. The number of aromatic nitrogens is 2. The maximum absolute atomic E-state index is 11.5. The van der Waals surface area contributed by atoms with E-state index in [9.17, 15) is 4.79 Å². The number of nitrogens with one attached hydrogen (secondary N) is 1. The fourth-order valence-electron chi connectivity index (χ4n) is 1.07. The molecular weight excluding hydrogens is 200 g/mol. The molecule has 2 rings (SSSR count). The van der Waals surface area contributed by atoms with Crippen molar-refractivity contribution in [2.45, 2.75) is 6.42 Å². The highest BCUT2D eigenvalue weighted by Crippen LogP contribution is 2.24. The van der Waals surface area contributed by atoms with Gasteiger partial charge >= 0.3 is 0 Å². The van der Waals surface area contributed by atoms with Crippen LogP contribution in [0.15, 0.2) is 12.3 Å². The largest absolute Gasteiger partial charge is 0.300 e. The van der Waals surface area contributed by atoms with Crippen LogP contribution in [0.3, 0.4) is 0 Å². The van der Waals surface area contributed by atoms with E-state index < -0.39 is 0 Å².